The van der Waals surface area contributed by atoms with Gasteiger partial charge in [-0.05, 0) is 26.9 Å². The van der Waals surface area contributed by atoms with E-state index in [1.807, 2.05) is 27.8 Å². The third kappa shape index (κ3) is 5.56. The maximum Gasteiger partial charge on any atom is 0.0667 e. The first-order valence-corrected chi connectivity index (χ1v) is 5.01. The van der Waals surface area contributed by atoms with Crippen LogP contribution in [0, 0.1) is 0 Å². The Bertz CT molecular complexity index is 83.9. The van der Waals surface area contributed by atoms with E-state index in [-0.39, 0.29) is 6.10 Å². The van der Waals surface area contributed by atoms with Crippen molar-refractivity contribution in [3.05, 3.63) is 0 Å². The molecule has 0 fully saturated rings. The number of aliphatic hydroxyl groups is 1. The van der Waals surface area contributed by atoms with Gasteiger partial charge >= 0.3 is 0 Å². The number of likely N-dealkylation sites (N-methyl/N-ethyl adjacent to an activating group) is 1. The fourth-order valence-electron chi connectivity index (χ4n) is 1.26. The fourth-order valence-corrected chi connectivity index (χ4v) is 1.26. The van der Waals surface area contributed by atoms with Crippen molar-refractivity contribution in [2.75, 3.05) is 13.6 Å². The predicted octanol–water partition coefficient (Wildman–Crippen LogP) is 2.12. The molecule has 0 unspecified atom stereocenters. The molecule has 0 aliphatic carbocycles. The van der Waals surface area contributed by atoms with E-state index >= 15 is 0 Å². The molecular weight excluding hydrogens is 150 g/mol. The summed E-state index contributed by atoms with van der Waals surface area (Å²) in [5.74, 6) is 0. The van der Waals surface area contributed by atoms with Crippen molar-refractivity contribution in [1.82, 2.24) is 4.90 Å². The molecule has 0 saturated heterocycles. The molecule has 0 aromatic carbocycles. The summed E-state index contributed by atoms with van der Waals surface area (Å²) in [4.78, 5) is 2.17. The van der Waals surface area contributed by atoms with Crippen LogP contribution >= 0.6 is 0 Å². The van der Waals surface area contributed by atoms with E-state index in [0.717, 1.165) is 13.0 Å². The van der Waals surface area contributed by atoms with Gasteiger partial charge in [0.15, 0.2) is 0 Å². The van der Waals surface area contributed by atoms with E-state index < -0.39 is 0 Å². The lowest BCUT2D eigenvalue weighted by Gasteiger charge is -2.27. The topological polar surface area (TPSA) is 23.5 Å². The van der Waals surface area contributed by atoms with Crippen LogP contribution in [0.3, 0.4) is 0 Å². The highest BCUT2D eigenvalue weighted by Gasteiger charge is 2.15. The Hall–Kier alpha value is -0.0800. The largest absolute Gasteiger partial charge is 0.392 e. The Morgan fingerprint density at radius 1 is 1.25 bits per heavy atom. The zero-order valence-corrected chi connectivity index (χ0v) is 9.46. The number of hydrogen-bond donors (Lipinski definition) is 1. The number of rotatable bonds is 4. The normalized spacial score (nSPS) is 15.0. The highest BCUT2D eigenvalue weighted by molar-refractivity contribution is 4.70. The van der Waals surface area contributed by atoms with Gasteiger partial charge in [-0.15, -0.1) is 0 Å². The van der Waals surface area contributed by atoms with Crippen molar-refractivity contribution >= 4 is 0 Å². The minimum absolute atomic E-state index is 0.213. The van der Waals surface area contributed by atoms with Crippen molar-refractivity contribution in [1.29, 1.82) is 0 Å². The molecule has 0 aliphatic heterocycles. The fraction of sp³-hybridized carbons (Fsp3) is 1.00. The van der Waals surface area contributed by atoms with E-state index in [1.54, 1.807) is 0 Å². The molecule has 0 aliphatic rings. The molecule has 12 heavy (non-hydrogen) atoms. The second-order valence-electron chi connectivity index (χ2n) is 2.79. The average molecular weight is 175 g/mol. The predicted molar refractivity (Wildman–Crippen MR) is 55.4 cm³/mol. The van der Waals surface area contributed by atoms with Crippen molar-refractivity contribution in [2.45, 2.75) is 53.2 Å². The summed E-state index contributed by atoms with van der Waals surface area (Å²) < 4.78 is 0. The van der Waals surface area contributed by atoms with Gasteiger partial charge in [-0.3, -0.25) is 0 Å². The molecule has 0 heterocycles. The van der Waals surface area contributed by atoms with Crippen LogP contribution in [0.5, 0.6) is 0 Å². The van der Waals surface area contributed by atoms with Crippen molar-refractivity contribution in [3.63, 3.8) is 0 Å². The lowest BCUT2D eigenvalue weighted by Crippen LogP contribution is -2.39. The summed E-state index contributed by atoms with van der Waals surface area (Å²) in [6.07, 6.45) is 0.803. The van der Waals surface area contributed by atoms with Crippen molar-refractivity contribution in [2.24, 2.45) is 0 Å². The van der Waals surface area contributed by atoms with Gasteiger partial charge in [-0.1, -0.05) is 27.7 Å². The molecule has 0 spiro atoms. The summed E-state index contributed by atoms with van der Waals surface area (Å²) in [6, 6.07) is 0.324. The molecule has 0 aromatic rings. The molecule has 0 rings (SSSR count). The van der Waals surface area contributed by atoms with E-state index in [1.165, 1.54) is 0 Å². The zero-order valence-electron chi connectivity index (χ0n) is 9.46. The Morgan fingerprint density at radius 3 is 1.75 bits per heavy atom. The molecule has 2 heteroatoms. The summed E-state index contributed by atoms with van der Waals surface area (Å²) in [5, 5.41) is 9.27. The summed E-state index contributed by atoms with van der Waals surface area (Å²) in [6.45, 7) is 11.1. The van der Waals surface area contributed by atoms with Gasteiger partial charge in [0, 0.05) is 6.04 Å². The molecule has 0 saturated carbocycles. The van der Waals surface area contributed by atoms with Crippen LogP contribution in [-0.4, -0.2) is 35.7 Å². The lowest BCUT2D eigenvalue weighted by atomic mass is 10.1. The molecular formula is C10H25NO. The van der Waals surface area contributed by atoms with Gasteiger partial charge in [0.25, 0.3) is 0 Å². The average Bonchev–Trinajstić information content (AvgIpc) is 2.08. The first-order chi connectivity index (χ1) is 5.63. The molecule has 0 amide bonds. The lowest BCUT2D eigenvalue weighted by molar-refractivity contribution is 0.0770. The molecule has 1 N–H and O–H groups in total. The first kappa shape index (κ1) is 14.4. The number of aliphatic hydroxyl groups excluding tert-OH is 1. The highest BCUT2D eigenvalue weighted by Crippen LogP contribution is 2.05. The number of hydrogen-bond acceptors (Lipinski definition) is 2. The molecule has 2 nitrogen and oxygen atoms in total. The van der Waals surface area contributed by atoms with Crippen LogP contribution in [0.25, 0.3) is 0 Å². The Morgan fingerprint density at radius 2 is 1.67 bits per heavy atom. The second-order valence-corrected chi connectivity index (χ2v) is 2.79. The molecule has 0 aromatic heterocycles. The molecule has 2 atom stereocenters. The smallest absolute Gasteiger partial charge is 0.0667 e. The van der Waals surface area contributed by atoms with Crippen LogP contribution in [0.15, 0.2) is 0 Å². The standard InChI is InChI=1S/C8H19NO.C2H6/c1-5-8(7(3)10)9(4)6-2;1-2/h7-8,10H,5-6H2,1-4H3;1-2H3/t7-,8-;/m0./s1. The minimum atomic E-state index is -0.213. The third-order valence-electron chi connectivity index (χ3n) is 2.04. The Balaban J connectivity index is 0. The third-order valence-corrected chi connectivity index (χ3v) is 2.04. The molecule has 0 bridgehead atoms. The van der Waals surface area contributed by atoms with Gasteiger partial charge in [0.05, 0.1) is 6.10 Å². The van der Waals surface area contributed by atoms with Gasteiger partial charge in [0.2, 0.25) is 0 Å². The van der Waals surface area contributed by atoms with E-state index in [2.05, 4.69) is 18.7 Å². The van der Waals surface area contributed by atoms with Crippen LogP contribution in [0.2, 0.25) is 0 Å². The van der Waals surface area contributed by atoms with Gasteiger partial charge in [-0.2, -0.15) is 0 Å². The zero-order chi connectivity index (χ0) is 10.1. The number of nitrogens with zero attached hydrogens (tertiary/aromatic N) is 1. The van der Waals surface area contributed by atoms with Gasteiger partial charge < -0.3 is 10.0 Å². The first-order valence-electron chi connectivity index (χ1n) is 5.01. The van der Waals surface area contributed by atoms with E-state index in [9.17, 15) is 5.11 Å². The monoisotopic (exact) mass is 175 g/mol. The SMILES string of the molecule is CC.CC[C@@H]([C@H](C)O)N(C)CC. The Kier molecular flexibility index (Phi) is 10.8. The second kappa shape index (κ2) is 9.01. The van der Waals surface area contributed by atoms with Crippen LogP contribution in [0.4, 0.5) is 0 Å². The van der Waals surface area contributed by atoms with Crippen LogP contribution in [-0.2, 0) is 0 Å². The summed E-state index contributed by atoms with van der Waals surface area (Å²) in [5.41, 5.74) is 0. The molecule has 0 radical (unpaired) electrons. The van der Waals surface area contributed by atoms with Crippen molar-refractivity contribution in [3.8, 4) is 0 Å². The Labute approximate surface area is 77.6 Å². The van der Waals surface area contributed by atoms with Gasteiger partial charge in [-0.25, -0.2) is 0 Å². The van der Waals surface area contributed by atoms with Crippen LogP contribution in [0.1, 0.15) is 41.0 Å². The van der Waals surface area contributed by atoms with Crippen LogP contribution < -0.4 is 0 Å². The van der Waals surface area contributed by atoms with E-state index in [4.69, 9.17) is 0 Å². The maximum atomic E-state index is 9.27. The minimum Gasteiger partial charge on any atom is -0.392 e. The summed E-state index contributed by atoms with van der Waals surface area (Å²) in [7, 11) is 2.04. The quantitative estimate of drug-likeness (QED) is 0.707. The maximum absolute atomic E-state index is 9.27. The summed E-state index contributed by atoms with van der Waals surface area (Å²) >= 11 is 0. The van der Waals surface area contributed by atoms with E-state index in [0.29, 0.717) is 6.04 Å². The van der Waals surface area contributed by atoms with Crippen molar-refractivity contribution < 1.29 is 5.11 Å². The van der Waals surface area contributed by atoms with Gasteiger partial charge in [0.1, 0.15) is 0 Å². The molecule has 76 valence electrons. The highest BCUT2D eigenvalue weighted by atomic mass is 16.3.